The SMILES string of the molecule is COc1cccc(C(=O)N(NC(=O)c2ccccc2)c2ccccc2)c1. The number of carbonyl (C=O) groups excluding carboxylic acids is 2. The van der Waals surface area contributed by atoms with Gasteiger partial charge in [-0.2, -0.15) is 0 Å². The molecule has 0 radical (unpaired) electrons. The Morgan fingerprint density at radius 1 is 0.808 bits per heavy atom. The van der Waals surface area contributed by atoms with Crippen LogP contribution in [0.3, 0.4) is 0 Å². The molecule has 0 aromatic heterocycles. The van der Waals surface area contributed by atoms with Gasteiger partial charge in [-0.1, -0.05) is 42.5 Å². The molecule has 0 spiro atoms. The molecule has 0 aliphatic rings. The predicted octanol–water partition coefficient (Wildman–Crippen LogP) is 3.69. The number of nitrogens with one attached hydrogen (secondary N) is 1. The third kappa shape index (κ3) is 3.89. The van der Waals surface area contributed by atoms with Crippen LogP contribution in [-0.4, -0.2) is 18.9 Å². The Hall–Kier alpha value is -3.60. The molecule has 0 saturated carbocycles. The Morgan fingerprint density at radius 3 is 2.08 bits per heavy atom. The van der Waals surface area contributed by atoms with Crippen LogP contribution in [-0.2, 0) is 0 Å². The predicted molar refractivity (Wildman–Crippen MR) is 100 cm³/mol. The lowest BCUT2D eigenvalue weighted by molar-refractivity contribution is 0.0887. The number of hydrazine groups is 1. The Kier molecular flexibility index (Phi) is 5.29. The molecular weight excluding hydrogens is 328 g/mol. The van der Waals surface area contributed by atoms with Gasteiger partial charge in [0, 0.05) is 11.1 Å². The number of nitrogens with zero attached hydrogens (tertiary/aromatic N) is 1. The largest absolute Gasteiger partial charge is 0.497 e. The van der Waals surface area contributed by atoms with Crippen molar-refractivity contribution in [2.45, 2.75) is 0 Å². The molecule has 3 aromatic carbocycles. The first-order valence-corrected chi connectivity index (χ1v) is 8.08. The summed E-state index contributed by atoms with van der Waals surface area (Å²) in [7, 11) is 1.54. The molecule has 0 fully saturated rings. The molecule has 0 aliphatic heterocycles. The molecule has 0 unspecified atom stereocenters. The van der Waals surface area contributed by atoms with E-state index in [1.54, 1.807) is 72.8 Å². The minimum absolute atomic E-state index is 0.362. The van der Waals surface area contributed by atoms with Gasteiger partial charge in [-0.05, 0) is 42.5 Å². The number of anilines is 1. The van der Waals surface area contributed by atoms with Crippen molar-refractivity contribution in [3.63, 3.8) is 0 Å². The van der Waals surface area contributed by atoms with E-state index in [0.717, 1.165) is 0 Å². The first-order chi connectivity index (χ1) is 12.7. The smallest absolute Gasteiger partial charge is 0.277 e. The number of rotatable bonds is 4. The number of methoxy groups -OCH3 is 1. The monoisotopic (exact) mass is 346 g/mol. The zero-order valence-corrected chi connectivity index (χ0v) is 14.3. The molecular formula is C21H18N2O3. The van der Waals surface area contributed by atoms with Crippen LogP contribution < -0.4 is 15.2 Å². The van der Waals surface area contributed by atoms with E-state index in [0.29, 0.717) is 22.6 Å². The van der Waals surface area contributed by atoms with Crippen molar-refractivity contribution in [1.29, 1.82) is 0 Å². The quantitative estimate of drug-likeness (QED) is 0.733. The van der Waals surface area contributed by atoms with Crippen molar-refractivity contribution < 1.29 is 14.3 Å². The Morgan fingerprint density at radius 2 is 1.42 bits per heavy atom. The summed E-state index contributed by atoms with van der Waals surface area (Å²) in [6.45, 7) is 0. The molecule has 3 rings (SSSR count). The summed E-state index contributed by atoms with van der Waals surface area (Å²) < 4.78 is 5.18. The van der Waals surface area contributed by atoms with Gasteiger partial charge in [-0.25, -0.2) is 5.01 Å². The topological polar surface area (TPSA) is 58.6 Å². The maximum Gasteiger partial charge on any atom is 0.277 e. The van der Waals surface area contributed by atoms with E-state index < -0.39 is 0 Å². The Balaban J connectivity index is 1.93. The van der Waals surface area contributed by atoms with Crippen LogP contribution in [0.4, 0.5) is 5.69 Å². The van der Waals surface area contributed by atoms with Crippen LogP contribution in [0.1, 0.15) is 20.7 Å². The molecule has 0 atom stereocenters. The highest BCUT2D eigenvalue weighted by atomic mass is 16.5. The molecule has 0 heterocycles. The lowest BCUT2D eigenvalue weighted by Gasteiger charge is -2.23. The van der Waals surface area contributed by atoms with E-state index in [1.807, 2.05) is 12.1 Å². The van der Waals surface area contributed by atoms with Gasteiger partial charge in [-0.15, -0.1) is 0 Å². The van der Waals surface area contributed by atoms with Crippen LogP contribution in [0.25, 0.3) is 0 Å². The Bertz CT molecular complexity index is 895. The number of amides is 2. The van der Waals surface area contributed by atoms with Crippen LogP contribution in [0, 0.1) is 0 Å². The van der Waals surface area contributed by atoms with E-state index in [2.05, 4.69) is 5.43 Å². The van der Waals surface area contributed by atoms with Gasteiger partial charge < -0.3 is 4.74 Å². The molecule has 130 valence electrons. The molecule has 1 N–H and O–H groups in total. The lowest BCUT2D eigenvalue weighted by Crippen LogP contribution is -2.46. The van der Waals surface area contributed by atoms with Gasteiger partial charge in [0.2, 0.25) is 0 Å². The number of ether oxygens (including phenoxy) is 1. The minimum Gasteiger partial charge on any atom is -0.497 e. The third-order valence-corrected chi connectivity index (χ3v) is 3.78. The zero-order chi connectivity index (χ0) is 18.4. The van der Waals surface area contributed by atoms with Gasteiger partial charge in [-0.3, -0.25) is 15.0 Å². The molecule has 0 bridgehead atoms. The van der Waals surface area contributed by atoms with E-state index in [-0.39, 0.29) is 11.8 Å². The lowest BCUT2D eigenvalue weighted by atomic mass is 10.2. The van der Waals surface area contributed by atoms with E-state index >= 15 is 0 Å². The molecule has 26 heavy (non-hydrogen) atoms. The molecule has 0 aliphatic carbocycles. The second-order valence-corrected chi connectivity index (χ2v) is 5.52. The summed E-state index contributed by atoms with van der Waals surface area (Å²) in [6, 6.07) is 24.5. The molecule has 5 heteroatoms. The highest BCUT2D eigenvalue weighted by Crippen LogP contribution is 2.18. The number of para-hydroxylation sites is 1. The summed E-state index contributed by atoms with van der Waals surface area (Å²) in [5, 5.41) is 1.24. The van der Waals surface area contributed by atoms with Crippen molar-refractivity contribution in [3.8, 4) is 5.75 Å². The summed E-state index contributed by atoms with van der Waals surface area (Å²) in [5.41, 5.74) is 4.12. The second kappa shape index (κ2) is 7.98. The van der Waals surface area contributed by atoms with Crippen molar-refractivity contribution in [3.05, 3.63) is 96.1 Å². The van der Waals surface area contributed by atoms with Crippen LogP contribution in [0.15, 0.2) is 84.9 Å². The zero-order valence-electron chi connectivity index (χ0n) is 14.3. The maximum absolute atomic E-state index is 13.0. The molecule has 2 amide bonds. The standard InChI is InChI=1S/C21H18N2O3/c1-26-19-14-8-11-17(15-19)21(25)23(18-12-6-3-7-13-18)22-20(24)16-9-4-2-5-10-16/h2-15H,1H3,(H,22,24). The average Bonchev–Trinajstić information content (AvgIpc) is 2.72. The number of hydrogen-bond acceptors (Lipinski definition) is 3. The summed E-state index contributed by atoms with van der Waals surface area (Å²) in [4.78, 5) is 25.6. The molecule has 3 aromatic rings. The highest BCUT2D eigenvalue weighted by Gasteiger charge is 2.21. The normalized spacial score (nSPS) is 10.0. The first-order valence-electron chi connectivity index (χ1n) is 8.08. The third-order valence-electron chi connectivity index (χ3n) is 3.78. The fourth-order valence-corrected chi connectivity index (χ4v) is 2.45. The van der Waals surface area contributed by atoms with Crippen molar-refractivity contribution in [1.82, 2.24) is 5.43 Å². The fourth-order valence-electron chi connectivity index (χ4n) is 2.45. The van der Waals surface area contributed by atoms with Crippen LogP contribution in [0.5, 0.6) is 5.75 Å². The summed E-state index contributed by atoms with van der Waals surface area (Å²) in [5.74, 6) is -0.164. The van der Waals surface area contributed by atoms with Gasteiger partial charge >= 0.3 is 0 Å². The minimum atomic E-state index is -0.370. The van der Waals surface area contributed by atoms with Gasteiger partial charge in [0.05, 0.1) is 12.8 Å². The van der Waals surface area contributed by atoms with Gasteiger partial charge in [0.1, 0.15) is 5.75 Å². The fraction of sp³-hybridized carbons (Fsp3) is 0.0476. The van der Waals surface area contributed by atoms with Crippen molar-refractivity contribution in [2.24, 2.45) is 0 Å². The highest BCUT2D eigenvalue weighted by molar-refractivity contribution is 6.09. The first kappa shape index (κ1) is 17.2. The maximum atomic E-state index is 13.0. The van der Waals surface area contributed by atoms with E-state index in [4.69, 9.17) is 4.74 Å². The van der Waals surface area contributed by atoms with Crippen molar-refractivity contribution >= 4 is 17.5 Å². The van der Waals surface area contributed by atoms with Crippen molar-refractivity contribution in [2.75, 3.05) is 12.1 Å². The summed E-state index contributed by atoms with van der Waals surface area (Å²) >= 11 is 0. The van der Waals surface area contributed by atoms with Crippen LogP contribution in [0.2, 0.25) is 0 Å². The molecule has 5 nitrogen and oxygen atoms in total. The van der Waals surface area contributed by atoms with E-state index in [9.17, 15) is 9.59 Å². The molecule has 0 saturated heterocycles. The Labute approximate surface area is 151 Å². The average molecular weight is 346 g/mol. The number of hydrogen-bond donors (Lipinski definition) is 1. The summed E-state index contributed by atoms with van der Waals surface area (Å²) in [6.07, 6.45) is 0. The van der Waals surface area contributed by atoms with Gasteiger partial charge in [0.15, 0.2) is 0 Å². The number of benzene rings is 3. The van der Waals surface area contributed by atoms with E-state index in [1.165, 1.54) is 12.1 Å². The number of carbonyl (C=O) groups is 2. The van der Waals surface area contributed by atoms with Gasteiger partial charge in [0.25, 0.3) is 11.8 Å². The van der Waals surface area contributed by atoms with Crippen LogP contribution >= 0.6 is 0 Å². The second-order valence-electron chi connectivity index (χ2n) is 5.52.